The van der Waals surface area contributed by atoms with Gasteiger partial charge in [0.1, 0.15) is 11.6 Å². The number of anilines is 1. The van der Waals surface area contributed by atoms with Gasteiger partial charge in [-0.2, -0.15) is 0 Å². The van der Waals surface area contributed by atoms with Crippen LogP contribution in [0.3, 0.4) is 0 Å². The molecule has 2 aromatic heterocycles. The molecule has 0 bridgehead atoms. The first kappa shape index (κ1) is 14.8. The first-order valence-corrected chi connectivity index (χ1v) is 7.50. The van der Waals surface area contributed by atoms with Crippen molar-refractivity contribution < 1.29 is 0 Å². The number of H-pyrrole nitrogens is 1. The number of rotatable bonds is 8. The van der Waals surface area contributed by atoms with Gasteiger partial charge >= 0.3 is 0 Å². The van der Waals surface area contributed by atoms with Crippen LogP contribution in [0.4, 0.5) is 5.82 Å². The van der Waals surface area contributed by atoms with Crippen LogP contribution in [0.25, 0.3) is 11.2 Å². The first-order valence-electron chi connectivity index (χ1n) is 7.50. The predicted octanol–water partition coefficient (Wildman–Crippen LogP) is 2.70. The number of nitrogens with zero attached hydrogens (tertiary/aromatic N) is 2. The van der Waals surface area contributed by atoms with E-state index in [1.165, 1.54) is 12.8 Å². The summed E-state index contributed by atoms with van der Waals surface area (Å²) in [6, 6.07) is 3.98. The van der Waals surface area contributed by atoms with Crippen molar-refractivity contribution >= 4 is 17.0 Å². The van der Waals surface area contributed by atoms with Gasteiger partial charge in [0, 0.05) is 13.5 Å². The Morgan fingerprint density at radius 2 is 2.10 bits per heavy atom. The second-order valence-corrected chi connectivity index (χ2v) is 5.27. The topological polar surface area (TPSA) is 79.6 Å². The summed E-state index contributed by atoms with van der Waals surface area (Å²) in [5.41, 5.74) is 7.48. The summed E-state index contributed by atoms with van der Waals surface area (Å²) in [6.07, 6.45) is 5.69. The summed E-state index contributed by atoms with van der Waals surface area (Å²) in [5, 5.41) is 3.03. The van der Waals surface area contributed by atoms with E-state index in [-0.39, 0.29) is 0 Å². The van der Waals surface area contributed by atoms with E-state index >= 15 is 0 Å². The van der Waals surface area contributed by atoms with Gasteiger partial charge < -0.3 is 16.0 Å². The largest absolute Gasteiger partial charge is 0.373 e. The van der Waals surface area contributed by atoms with Crippen LogP contribution in [0, 0.1) is 5.92 Å². The van der Waals surface area contributed by atoms with Crippen molar-refractivity contribution in [3.8, 4) is 0 Å². The van der Waals surface area contributed by atoms with Crippen LogP contribution < -0.4 is 11.1 Å². The number of nitrogens with two attached hydrogens (primary N) is 1. The third-order valence-electron chi connectivity index (χ3n) is 3.71. The molecule has 0 spiro atoms. The van der Waals surface area contributed by atoms with Gasteiger partial charge in [-0.25, -0.2) is 9.97 Å². The molecule has 0 radical (unpaired) electrons. The lowest BCUT2D eigenvalue weighted by molar-refractivity contribution is 0.418. The van der Waals surface area contributed by atoms with E-state index < -0.39 is 0 Å². The number of imidazole rings is 1. The molecule has 0 aromatic carbocycles. The summed E-state index contributed by atoms with van der Waals surface area (Å²) < 4.78 is 0. The quantitative estimate of drug-likeness (QED) is 0.692. The van der Waals surface area contributed by atoms with Crippen LogP contribution in [0.15, 0.2) is 12.1 Å². The van der Waals surface area contributed by atoms with Crippen LogP contribution in [-0.4, -0.2) is 28.5 Å². The molecule has 0 aliphatic rings. The first-order chi connectivity index (χ1) is 9.76. The number of aromatic amines is 1. The van der Waals surface area contributed by atoms with Crippen molar-refractivity contribution in [2.24, 2.45) is 11.7 Å². The summed E-state index contributed by atoms with van der Waals surface area (Å²) in [7, 11) is 1.86. The van der Waals surface area contributed by atoms with Crippen LogP contribution >= 0.6 is 0 Å². The Kier molecular flexibility index (Phi) is 5.35. The Labute approximate surface area is 120 Å². The fourth-order valence-electron chi connectivity index (χ4n) is 2.62. The fraction of sp³-hybridized carbons (Fsp3) is 0.600. The van der Waals surface area contributed by atoms with Crippen molar-refractivity contribution in [3.05, 3.63) is 18.0 Å². The van der Waals surface area contributed by atoms with Crippen LogP contribution in [0.5, 0.6) is 0 Å². The van der Waals surface area contributed by atoms with E-state index in [0.717, 1.165) is 48.6 Å². The summed E-state index contributed by atoms with van der Waals surface area (Å²) >= 11 is 0. The molecule has 0 saturated carbocycles. The molecule has 4 N–H and O–H groups in total. The van der Waals surface area contributed by atoms with E-state index in [4.69, 9.17) is 5.73 Å². The number of aryl methyl sites for hydroxylation is 1. The molecule has 0 aliphatic heterocycles. The molecule has 1 unspecified atom stereocenters. The van der Waals surface area contributed by atoms with Gasteiger partial charge in [-0.05, 0) is 37.4 Å². The molecule has 1 atom stereocenters. The van der Waals surface area contributed by atoms with Crippen molar-refractivity contribution in [3.63, 3.8) is 0 Å². The fourth-order valence-corrected chi connectivity index (χ4v) is 2.62. The number of hydrogen-bond acceptors (Lipinski definition) is 4. The molecule has 0 aliphatic carbocycles. The van der Waals surface area contributed by atoms with Crippen LogP contribution in [0.2, 0.25) is 0 Å². The predicted molar refractivity (Wildman–Crippen MR) is 83.8 cm³/mol. The molecular formula is C15H25N5. The third-order valence-corrected chi connectivity index (χ3v) is 3.71. The summed E-state index contributed by atoms with van der Waals surface area (Å²) in [5.74, 6) is 2.58. The SMILES string of the molecule is CCCC(CCN)CCc1nc2nc(NC)ccc2[nH]1. The summed E-state index contributed by atoms with van der Waals surface area (Å²) in [4.78, 5) is 12.4. The lowest BCUT2D eigenvalue weighted by atomic mass is 9.94. The van der Waals surface area contributed by atoms with Gasteiger partial charge in [0.15, 0.2) is 5.65 Å². The highest BCUT2D eigenvalue weighted by atomic mass is 15.0. The standard InChI is InChI=1S/C15H25N5/c1-3-4-11(9-10-16)5-7-14-18-12-6-8-13(17-2)19-15(12)20-14/h6,8,11H,3-5,7,9-10,16H2,1-2H3,(H2,17,18,19,20). The highest BCUT2D eigenvalue weighted by Crippen LogP contribution is 2.19. The van der Waals surface area contributed by atoms with Gasteiger partial charge in [-0.15, -0.1) is 0 Å². The van der Waals surface area contributed by atoms with Crippen molar-refractivity contribution in [2.75, 3.05) is 18.9 Å². The monoisotopic (exact) mass is 275 g/mol. The molecule has 0 saturated heterocycles. The highest BCUT2D eigenvalue weighted by molar-refractivity contribution is 5.72. The number of hydrogen-bond donors (Lipinski definition) is 3. The molecule has 0 amide bonds. The minimum atomic E-state index is 0.707. The van der Waals surface area contributed by atoms with Crippen LogP contribution in [-0.2, 0) is 6.42 Å². The second-order valence-electron chi connectivity index (χ2n) is 5.27. The molecule has 20 heavy (non-hydrogen) atoms. The Hall–Kier alpha value is -1.62. The van der Waals surface area contributed by atoms with Gasteiger partial charge in [-0.3, -0.25) is 0 Å². The Bertz CT molecular complexity index is 528. The maximum absolute atomic E-state index is 5.68. The Balaban J connectivity index is 2.02. The number of nitrogens with one attached hydrogen (secondary N) is 2. The van der Waals surface area contributed by atoms with Gasteiger partial charge in [0.25, 0.3) is 0 Å². The molecule has 5 nitrogen and oxygen atoms in total. The minimum absolute atomic E-state index is 0.707. The summed E-state index contributed by atoms with van der Waals surface area (Å²) in [6.45, 7) is 3.01. The third kappa shape index (κ3) is 3.70. The molecule has 5 heteroatoms. The zero-order valence-electron chi connectivity index (χ0n) is 12.4. The second kappa shape index (κ2) is 7.24. The lowest BCUT2D eigenvalue weighted by Crippen LogP contribution is -2.10. The van der Waals surface area contributed by atoms with E-state index in [2.05, 4.69) is 27.2 Å². The molecule has 2 rings (SSSR count). The zero-order chi connectivity index (χ0) is 14.4. The Morgan fingerprint density at radius 1 is 1.25 bits per heavy atom. The van der Waals surface area contributed by atoms with E-state index in [9.17, 15) is 0 Å². The average molecular weight is 275 g/mol. The number of pyridine rings is 1. The lowest BCUT2D eigenvalue weighted by Gasteiger charge is -2.13. The van der Waals surface area contributed by atoms with Crippen LogP contribution in [0.1, 0.15) is 38.4 Å². The Morgan fingerprint density at radius 3 is 2.80 bits per heavy atom. The van der Waals surface area contributed by atoms with Crippen molar-refractivity contribution in [1.82, 2.24) is 15.0 Å². The molecule has 110 valence electrons. The smallest absolute Gasteiger partial charge is 0.179 e. The average Bonchev–Trinajstić information content (AvgIpc) is 2.87. The van der Waals surface area contributed by atoms with Crippen molar-refractivity contribution in [1.29, 1.82) is 0 Å². The molecule has 2 heterocycles. The maximum atomic E-state index is 5.68. The van der Waals surface area contributed by atoms with Gasteiger partial charge in [0.2, 0.25) is 0 Å². The van der Waals surface area contributed by atoms with Gasteiger partial charge in [0.05, 0.1) is 5.52 Å². The van der Waals surface area contributed by atoms with E-state index in [0.29, 0.717) is 5.92 Å². The molecular weight excluding hydrogens is 250 g/mol. The van der Waals surface area contributed by atoms with Gasteiger partial charge in [-0.1, -0.05) is 19.8 Å². The molecule has 0 fully saturated rings. The number of fused-ring (bicyclic) bond motifs is 1. The maximum Gasteiger partial charge on any atom is 0.179 e. The zero-order valence-corrected chi connectivity index (χ0v) is 12.4. The van der Waals surface area contributed by atoms with E-state index in [1.54, 1.807) is 0 Å². The van der Waals surface area contributed by atoms with Crippen molar-refractivity contribution in [2.45, 2.75) is 39.0 Å². The number of aromatic nitrogens is 3. The highest BCUT2D eigenvalue weighted by Gasteiger charge is 2.10. The molecule has 2 aromatic rings. The minimum Gasteiger partial charge on any atom is -0.373 e. The van der Waals surface area contributed by atoms with E-state index in [1.807, 2.05) is 19.2 Å². The normalized spacial score (nSPS) is 12.8.